The van der Waals surface area contributed by atoms with Crippen molar-refractivity contribution in [2.45, 2.75) is 13.0 Å². The van der Waals surface area contributed by atoms with Gasteiger partial charge in [0.1, 0.15) is 0 Å². The van der Waals surface area contributed by atoms with Crippen LogP contribution in [0, 0.1) is 0 Å². The van der Waals surface area contributed by atoms with Crippen molar-refractivity contribution < 1.29 is 14.3 Å². The minimum absolute atomic E-state index is 0.0565. The molecule has 0 spiro atoms. The fourth-order valence-electron chi connectivity index (χ4n) is 1.73. The summed E-state index contributed by atoms with van der Waals surface area (Å²) in [6.45, 7) is 1.44. The number of amides is 1. The molecule has 0 fully saturated rings. The zero-order valence-corrected chi connectivity index (χ0v) is 12.6. The highest BCUT2D eigenvalue weighted by molar-refractivity contribution is 6.30. The molecule has 1 amide bonds. The van der Waals surface area contributed by atoms with Crippen molar-refractivity contribution in [2.24, 2.45) is 0 Å². The van der Waals surface area contributed by atoms with Crippen molar-refractivity contribution in [1.82, 2.24) is 15.3 Å². The Labute approximate surface area is 132 Å². The van der Waals surface area contributed by atoms with Crippen LogP contribution in [0.2, 0.25) is 5.02 Å². The van der Waals surface area contributed by atoms with E-state index in [9.17, 15) is 9.59 Å². The highest BCUT2D eigenvalue weighted by Crippen LogP contribution is 2.15. The van der Waals surface area contributed by atoms with Crippen LogP contribution in [0.1, 0.15) is 29.0 Å². The summed E-state index contributed by atoms with van der Waals surface area (Å²) in [4.78, 5) is 30.9. The molecule has 1 aromatic carbocycles. The molecule has 1 atom stereocenters. The number of esters is 1. The third-order valence-corrected chi connectivity index (χ3v) is 3.11. The predicted molar refractivity (Wildman–Crippen MR) is 80.3 cm³/mol. The van der Waals surface area contributed by atoms with Crippen LogP contribution in [0.25, 0.3) is 0 Å². The Bertz CT molecular complexity index is 647. The van der Waals surface area contributed by atoms with E-state index in [1.54, 1.807) is 12.1 Å². The molecule has 0 aliphatic rings. The Morgan fingerprint density at radius 1 is 1.27 bits per heavy atom. The molecule has 22 heavy (non-hydrogen) atoms. The zero-order valence-electron chi connectivity index (χ0n) is 11.8. The molecule has 0 radical (unpaired) electrons. The van der Waals surface area contributed by atoms with Crippen molar-refractivity contribution in [3.05, 3.63) is 59.1 Å². The molecule has 0 bridgehead atoms. The standard InChI is InChI=1S/C15H14ClN3O3/c1-10(11-2-4-12(16)5-3-11)19-14(20)9-22-15(21)13-8-17-6-7-18-13/h2-8,10H,9H2,1H3,(H,19,20)/t10-/m1/s1. The Kier molecular flexibility index (Phi) is 5.43. The van der Waals surface area contributed by atoms with Gasteiger partial charge in [0.05, 0.1) is 12.2 Å². The fourth-order valence-corrected chi connectivity index (χ4v) is 1.85. The quantitative estimate of drug-likeness (QED) is 0.854. The lowest BCUT2D eigenvalue weighted by Gasteiger charge is -2.14. The van der Waals surface area contributed by atoms with Gasteiger partial charge in [-0.05, 0) is 24.6 Å². The monoisotopic (exact) mass is 319 g/mol. The van der Waals surface area contributed by atoms with Crippen LogP contribution in [0.15, 0.2) is 42.9 Å². The van der Waals surface area contributed by atoms with Crippen LogP contribution in [-0.4, -0.2) is 28.5 Å². The van der Waals surface area contributed by atoms with E-state index in [4.69, 9.17) is 16.3 Å². The maximum absolute atomic E-state index is 11.8. The van der Waals surface area contributed by atoms with Crippen molar-refractivity contribution in [1.29, 1.82) is 0 Å². The van der Waals surface area contributed by atoms with Crippen molar-refractivity contribution >= 4 is 23.5 Å². The predicted octanol–water partition coefficient (Wildman–Crippen LogP) is 2.16. The first kappa shape index (κ1) is 15.9. The van der Waals surface area contributed by atoms with E-state index in [1.165, 1.54) is 18.6 Å². The number of hydrogen-bond acceptors (Lipinski definition) is 5. The summed E-state index contributed by atoms with van der Waals surface area (Å²) in [5.41, 5.74) is 0.957. The first-order valence-corrected chi connectivity index (χ1v) is 6.92. The molecule has 1 aromatic heterocycles. The second-order valence-corrected chi connectivity index (χ2v) is 4.94. The van der Waals surface area contributed by atoms with Gasteiger partial charge < -0.3 is 10.1 Å². The molecule has 2 rings (SSSR count). The average Bonchev–Trinajstić information content (AvgIpc) is 2.54. The topological polar surface area (TPSA) is 81.2 Å². The highest BCUT2D eigenvalue weighted by Gasteiger charge is 2.13. The molecule has 6 nitrogen and oxygen atoms in total. The lowest BCUT2D eigenvalue weighted by atomic mass is 10.1. The SMILES string of the molecule is C[C@@H](NC(=O)COC(=O)c1cnccn1)c1ccc(Cl)cc1. The number of benzene rings is 1. The van der Waals surface area contributed by atoms with Gasteiger partial charge in [-0.15, -0.1) is 0 Å². The second-order valence-electron chi connectivity index (χ2n) is 4.51. The number of nitrogens with one attached hydrogen (secondary N) is 1. The van der Waals surface area contributed by atoms with Gasteiger partial charge in [0.2, 0.25) is 0 Å². The number of carbonyl (C=O) groups excluding carboxylic acids is 2. The number of carbonyl (C=O) groups is 2. The third kappa shape index (κ3) is 4.53. The van der Waals surface area contributed by atoms with Gasteiger partial charge in [-0.1, -0.05) is 23.7 Å². The maximum atomic E-state index is 11.8. The van der Waals surface area contributed by atoms with Gasteiger partial charge in [0.25, 0.3) is 5.91 Å². The molecular formula is C15H14ClN3O3. The molecular weight excluding hydrogens is 306 g/mol. The number of nitrogens with zero attached hydrogens (tertiary/aromatic N) is 2. The molecule has 2 aromatic rings. The fraction of sp³-hybridized carbons (Fsp3) is 0.200. The first-order chi connectivity index (χ1) is 10.6. The molecule has 114 valence electrons. The van der Waals surface area contributed by atoms with Crippen LogP contribution in [-0.2, 0) is 9.53 Å². The molecule has 0 saturated carbocycles. The Morgan fingerprint density at radius 3 is 2.64 bits per heavy atom. The Hall–Kier alpha value is -2.47. The summed E-state index contributed by atoms with van der Waals surface area (Å²) in [5, 5.41) is 3.35. The number of halogens is 1. The van der Waals surface area contributed by atoms with Crippen LogP contribution < -0.4 is 5.32 Å². The van der Waals surface area contributed by atoms with Gasteiger partial charge in [-0.25, -0.2) is 9.78 Å². The smallest absolute Gasteiger partial charge is 0.359 e. The van der Waals surface area contributed by atoms with Crippen molar-refractivity contribution in [3.63, 3.8) is 0 Å². The summed E-state index contributed by atoms with van der Waals surface area (Å²) >= 11 is 5.81. The summed E-state index contributed by atoms with van der Waals surface area (Å²) in [6.07, 6.45) is 4.09. The lowest BCUT2D eigenvalue weighted by molar-refractivity contribution is -0.124. The average molecular weight is 320 g/mol. The van der Waals surface area contributed by atoms with Gasteiger partial charge in [-0.3, -0.25) is 9.78 Å². The van der Waals surface area contributed by atoms with E-state index in [0.29, 0.717) is 5.02 Å². The maximum Gasteiger partial charge on any atom is 0.359 e. The van der Waals surface area contributed by atoms with E-state index in [-0.39, 0.29) is 18.3 Å². The van der Waals surface area contributed by atoms with Crippen LogP contribution in [0.3, 0.4) is 0 Å². The molecule has 0 unspecified atom stereocenters. The molecule has 0 aliphatic heterocycles. The van der Waals surface area contributed by atoms with Gasteiger partial charge in [0.15, 0.2) is 12.3 Å². The van der Waals surface area contributed by atoms with E-state index in [2.05, 4.69) is 15.3 Å². The van der Waals surface area contributed by atoms with Crippen molar-refractivity contribution in [2.75, 3.05) is 6.61 Å². The molecule has 1 N–H and O–H groups in total. The van der Waals surface area contributed by atoms with Crippen molar-refractivity contribution in [3.8, 4) is 0 Å². The number of rotatable bonds is 5. The summed E-state index contributed by atoms with van der Waals surface area (Å²) in [7, 11) is 0. The normalized spacial score (nSPS) is 11.5. The van der Waals surface area contributed by atoms with Crippen LogP contribution in [0.5, 0.6) is 0 Å². The minimum Gasteiger partial charge on any atom is -0.451 e. The zero-order chi connectivity index (χ0) is 15.9. The van der Waals surface area contributed by atoms with E-state index < -0.39 is 11.9 Å². The largest absolute Gasteiger partial charge is 0.451 e. The van der Waals surface area contributed by atoms with Gasteiger partial charge >= 0.3 is 5.97 Å². The van der Waals surface area contributed by atoms with E-state index >= 15 is 0 Å². The second kappa shape index (κ2) is 7.51. The summed E-state index contributed by atoms with van der Waals surface area (Å²) in [6, 6.07) is 6.90. The van der Waals surface area contributed by atoms with Gasteiger partial charge in [0, 0.05) is 17.4 Å². The Morgan fingerprint density at radius 2 is 2.00 bits per heavy atom. The number of ether oxygens (including phenoxy) is 1. The summed E-state index contributed by atoms with van der Waals surface area (Å²) in [5.74, 6) is -1.10. The van der Waals surface area contributed by atoms with Gasteiger partial charge in [-0.2, -0.15) is 0 Å². The Balaban J connectivity index is 1.83. The molecule has 0 saturated heterocycles. The van der Waals surface area contributed by atoms with Crippen LogP contribution >= 0.6 is 11.6 Å². The number of hydrogen-bond donors (Lipinski definition) is 1. The number of aromatic nitrogens is 2. The van der Waals surface area contributed by atoms with E-state index in [1.807, 2.05) is 19.1 Å². The van der Waals surface area contributed by atoms with E-state index in [0.717, 1.165) is 5.56 Å². The van der Waals surface area contributed by atoms with Crippen LogP contribution in [0.4, 0.5) is 0 Å². The molecule has 0 aliphatic carbocycles. The summed E-state index contributed by atoms with van der Waals surface area (Å²) < 4.78 is 4.87. The highest BCUT2D eigenvalue weighted by atomic mass is 35.5. The first-order valence-electron chi connectivity index (χ1n) is 6.54. The molecule has 7 heteroatoms. The minimum atomic E-state index is -0.692. The molecule has 1 heterocycles. The lowest BCUT2D eigenvalue weighted by Crippen LogP contribution is -2.31. The third-order valence-electron chi connectivity index (χ3n) is 2.85.